The molecular formula is C9H18N4O. The van der Waals surface area contributed by atoms with Gasteiger partial charge in [0.05, 0.1) is 5.69 Å². The van der Waals surface area contributed by atoms with Gasteiger partial charge in [0.25, 0.3) is 0 Å². The summed E-state index contributed by atoms with van der Waals surface area (Å²) < 4.78 is 1.84. The van der Waals surface area contributed by atoms with E-state index < -0.39 is 0 Å². The first-order valence-electron chi connectivity index (χ1n) is 5.06. The van der Waals surface area contributed by atoms with Crippen LogP contribution in [0.5, 0.6) is 0 Å². The van der Waals surface area contributed by atoms with Crippen LogP contribution >= 0.6 is 0 Å². The molecule has 0 aliphatic rings. The monoisotopic (exact) mass is 198 g/mol. The summed E-state index contributed by atoms with van der Waals surface area (Å²) in [5.74, 6) is 0. The van der Waals surface area contributed by atoms with Crippen molar-refractivity contribution in [2.24, 2.45) is 5.73 Å². The summed E-state index contributed by atoms with van der Waals surface area (Å²) in [6.07, 6.45) is 5.65. The molecule has 1 aromatic rings. The molecule has 1 rings (SSSR count). The molecular weight excluding hydrogens is 180 g/mol. The molecule has 80 valence electrons. The summed E-state index contributed by atoms with van der Waals surface area (Å²) in [6.45, 7) is 1.76. The van der Waals surface area contributed by atoms with Crippen LogP contribution in [0.2, 0.25) is 0 Å². The van der Waals surface area contributed by atoms with E-state index in [-0.39, 0.29) is 6.61 Å². The van der Waals surface area contributed by atoms with Crippen molar-refractivity contribution in [3.63, 3.8) is 0 Å². The lowest BCUT2D eigenvalue weighted by Gasteiger charge is -1.98. The Labute approximate surface area is 83.9 Å². The van der Waals surface area contributed by atoms with Crippen LogP contribution in [0.15, 0.2) is 6.20 Å². The molecule has 14 heavy (non-hydrogen) atoms. The Balaban J connectivity index is 2.22. The van der Waals surface area contributed by atoms with Crippen molar-refractivity contribution in [3.8, 4) is 0 Å². The molecule has 0 saturated heterocycles. The number of nitrogens with zero attached hydrogens (tertiary/aromatic N) is 3. The predicted octanol–water partition coefficient (Wildman–Crippen LogP) is -0.0581. The van der Waals surface area contributed by atoms with Crippen LogP contribution in [-0.4, -0.2) is 33.3 Å². The van der Waals surface area contributed by atoms with Gasteiger partial charge < -0.3 is 10.8 Å². The van der Waals surface area contributed by atoms with E-state index in [1.54, 1.807) is 0 Å². The van der Waals surface area contributed by atoms with Crippen LogP contribution in [0.3, 0.4) is 0 Å². The molecule has 0 amide bonds. The molecule has 5 nitrogen and oxygen atoms in total. The second kappa shape index (κ2) is 6.50. The topological polar surface area (TPSA) is 77.0 Å². The largest absolute Gasteiger partial charge is 0.396 e. The summed E-state index contributed by atoms with van der Waals surface area (Å²) in [7, 11) is 0. The third-order valence-electron chi connectivity index (χ3n) is 2.03. The van der Waals surface area contributed by atoms with E-state index in [1.165, 1.54) is 0 Å². The molecule has 0 unspecified atom stereocenters. The van der Waals surface area contributed by atoms with E-state index in [1.807, 2.05) is 10.9 Å². The molecule has 0 radical (unpaired) electrons. The molecule has 0 saturated carbocycles. The van der Waals surface area contributed by atoms with Crippen molar-refractivity contribution in [2.75, 3.05) is 13.2 Å². The number of rotatable bonds is 7. The lowest BCUT2D eigenvalue weighted by molar-refractivity contribution is 0.281. The minimum absolute atomic E-state index is 0.274. The van der Waals surface area contributed by atoms with Crippen molar-refractivity contribution in [3.05, 3.63) is 11.9 Å². The number of nitrogens with two attached hydrogens (primary N) is 1. The maximum absolute atomic E-state index is 8.59. The second-order valence-corrected chi connectivity index (χ2v) is 3.30. The van der Waals surface area contributed by atoms with Gasteiger partial charge in [-0.1, -0.05) is 5.21 Å². The van der Waals surface area contributed by atoms with Crippen LogP contribution in [0, 0.1) is 0 Å². The van der Waals surface area contributed by atoms with E-state index in [0.717, 1.165) is 37.9 Å². The minimum atomic E-state index is 0.274. The van der Waals surface area contributed by atoms with Crippen LogP contribution in [0.25, 0.3) is 0 Å². The number of aryl methyl sites for hydroxylation is 1. The maximum atomic E-state index is 8.59. The van der Waals surface area contributed by atoms with E-state index in [0.29, 0.717) is 6.54 Å². The predicted molar refractivity (Wildman–Crippen MR) is 53.7 cm³/mol. The van der Waals surface area contributed by atoms with E-state index >= 15 is 0 Å². The molecule has 0 spiro atoms. The van der Waals surface area contributed by atoms with Gasteiger partial charge in [0.15, 0.2) is 0 Å². The molecule has 0 aromatic carbocycles. The highest BCUT2D eigenvalue weighted by Gasteiger charge is 1.98. The lowest BCUT2D eigenvalue weighted by atomic mass is 10.2. The zero-order chi connectivity index (χ0) is 10.2. The van der Waals surface area contributed by atoms with Gasteiger partial charge in [0, 0.05) is 25.8 Å². The number of hydrogen-bond acceptors (Lipinski definition) is 4. The fourth-order valence-corrected chi connectivity index (χ4v) is 1.27. The Hall–Kier alpha value is -0.940. The minimum Gasteiger partial charge on any atom is -0.396 e. The van der Waals surface area contributed by atoms with E-state index in [4.69, 9.17) is 10.8 Å². The summed E-state index contributed by atoms with van der Waals surface area (Å²) in [6, 6.07) is 0. The summed E-state index contributed by atoms with van der Waals surface area (Å²) in [5, 5.41) is 16.6. The van der Waals surface area contributed by atoms with Crippen LogP contribution in [-0.2, 0) is 13.0 Å². The Morgan fingerprint density at radius 1 is 1.36 bits per heavy atom. The maximum Gasteiger partial charge on any atom is 0.0839 e. The molecule has 3 N–H and O–H groups in total. The average Bonchev–Trinajstić information content (AvgIpc) is 2.61. The fourth-order valence-electron chi connectivity index (χ4n) is 1.27. The van der Waals surface area contributed by atoms with Gasteiger partial charge in [-0.25, -0.2) is 0 Å². The average molecular weight is 198 g/mol. The Bertz CT molecular complexity index is 249. The zero-order valence-electron chi connectivity index (χ0n) is 8.39. The Kier molecular flexibility index (Phi) is 5.17. The van der Waals surface area contributed by atoms with Gasteiger partial charge in [-0.05, 0) is 25.8 Å². The number of aliphatic hydroxyl groups excluding tert-OH is 1. The van der Waals surface area contributed by atoms with Gasteiger partial charge in [-0.2, -0.15) is 0 Å². The van der Waals surface area contributed by atoms with Crippen molar-refractivity contribution < 1.29 is 5.11 Å². The normalized spacial score (nSPS) is 10.7. The van der Waals surface area contributed by atoms with Gasteiger partial charge in [-0.15, -0.1) is 5.10 Å². The Morgan fingerprint density at radius 2 is 2.21 bits per heavy atom. The number of aromatic nitrogens is 3. The fraction of sp³-hybridized carbons (Fsp3) is 0.778. The van der Waals surface area contributed by atoms with Gasteiger partial charge in [0.1, 0.15) is 0 Å². The highest BCUT2D eigenvalue weighted by atomic mass is 16.2. The van der Waals surface area contributed by atoms with Crippen LogP contribution in [0.4, 0.5) is 0 Å². The third-order valence-corrected chi connectivity index (χ3v) is 2.03. The lowest BCUT2D eigenvalue weighted by Crippen LogP contribution is -2.02. The highest BCUT2D eigenvalue weighted by Crippen LogP contribution is 1.99. The Morgan fingerprint density at radius 3 is 2.93 bits per heavy atom. The zero-order valence-corrected chi connectivity index (χ0v) is 8.39. The molecule has 0 bridgehead atoms. The number of unbranched alkanes of at least 4 members (excludes halogenated alkanes) is 2. The molecule has 0 atom stereocenters. The van der Waals surface area contributed by atoms with E-state index in [9.17, 15) is 0 Å². The van der Waals surface area contributed by atoms with Crippen molar-refractivity contribution in [2.45, 2.75) is 32.2 Å². The summed E-state index contributed by atoms with van der Waals surface area (Å²) >= 11 is 0. The summed E-state index contributed by atoms with van der Waals surface area (Å²) in [5.41, 5.74) is 6.36. The molecule has 0 fully saturated rings. The first-order valence-corrected chi connectivity index (χ1v) is 5.06. The molecule has 0 aliphatic heterocycles. The standard InChI is InChI=1S/C9H18N4O/c10-5-4-9-8-13(12-11-9)6-2-1-3-7-14/h8,14H,1-7,10H2. The first kappa shape index (κ1) is 11.1. The molecule has 0 aliphatic carbocycles. The summed E-state index contributed by atoms with van der Waals surface area (Å²) in [4.78, 5) is 0. The molecule has 1 heterocycles. The van der Waals surface area contributed by atoms with Crippen molar-refractivity contribution >= 4 is 0 Å². The van der Waals surface area contributed by atoms with Crippen molar-refractivity contribution in [1.82, 2.24) is 15.0 Å². The number of hydrogen-bond donors (Lipinski definition) is 2. The van der Waals surface area contributed by atoms with Gasteiger partial charge >= 0.3 is 0 Å². The quantitative estimate of drug-likeness (QED) is 0.602. The highest BCUT2D eigenvalue weighted by molar-refractivity contribution is 4.92. The van der Waals surface area contributed by atoms with Gasteiger partial charge in [0.2, 0.25) is 0 Å². The second-order valence-electron chi connectivity index (χ2n) is 3.30. The third kappa shape index (κ3) is 3.85. The first-order chi connectivity index (χ1) is 6.86. The molecule has 1 aromatic heterocycles. The smallest absolute Gasteiger partial charge is 0.0839 e. The van der Waals surface area contributed by atoms with Crippen molar-refractivity contribution in [1.29, 1.82) is 0 Å². The van der Waals surface area contributed by atoms with Gasteiger partial charge in [-0.3, -0.25) is 4.68 Å². The SMILES string of the molecule is NCCc1cn(CCCCCO)nn1. The number of aliphatic hydroxyl groups is 1. The van der Waals surface area contributed by atoms with E-state index in [2.05, 4.69) is 10.3 Å². The molecule has 5 heteroatoms. The van der Waals surface area contributed by atoms with Crippen LogP contribution < -0.4 is 5.73 Å². The van der Waals surface area contributed by atoms with Crippen LogP contribution in [0.1, 0.15) is 25.0 Å².